The molecule has 2 aromatic rings. The van der Waals surface area contributed by atoms with Crippen molar-refractivity contribution in [1.29, 1.82) is 0 Å². The fourth-order valence-corrected chi connectivity index (χ4v) is 3.08. The number of hydrogen-bond donors (Lipinski definition) is 0. The highest BCUT2D eigenvalue weighted by molar-refractivity contribution is 6.33. The summed E-state index contributed by atoms with van der Waals surface area (Å²) in [6.45, 7) is 3.53. The number of nitro benzene ring substituents is 1. The molecule has 26 heavy (non-hydrogen) atoms. The molecule has 0 N–H and O–H groups in total. The number of carbonyl (C=O) groups is 1. The molecule has 0 aliphatic carbocycles. The fraction of sp³-hybridized carbons (Fsp3) is 0.235. The van der Waals surface area contributed by atoms with Crippen molar-refractivity contribution in [2.75, 3.05) is 5.01 Å². The molecule has 134 valence electrons. The molecule has 3 rings (SSSR count). The minimum absolute atomic E-state index is 0.0497. The average molecular weight is 374 g/mol. The molecule has 0 saturated heterocycles. The Morgan fingerprint density at radius 2 is 2.00 bits per heavy atom. The molecular weight excluding hydrogens is 358 g/mol. The first kappa shape index (κ1) is 17.8. The van der Waals surface area contributed by atoms with Crippen LogP contribution in [0.2, 0.25) is 5.02 Å². The summed E-state index contributed by atoms with van der Waals surface area (Å²) < 4.78 is 0. The number of carbonyl (C=O) groups excluding carboxylic acids is 1. The molecule has 1 heterocycles. The molecule has 1 aliphatic heterocycles. The van der Waals surface area contributed by atoms with Gasteiger partial charge in [0.15, 0.2) is 12.5 Å². The lowest BCUT2D eigenvalue weighted by Gasteiger charge is -2.28. The number of rotatable bonds is 5. The maximum absolute atomic E-state index is 11.7. The lowest BCUT2D eigenvalue weighted by atomic mass is 10.0. The van der Waals surface area contributed by atoms with Crippen molar-refractivity contribution >= 4 is 29.3 Å². The molecule has 0 radical (unpaired) electrons. The molecule has 0 fully saturated rings. The van der Waals surface area contributed by atoms with Gasteiger partial charge in [0, 0.05) is 11.6 Å². The van der Waals surface area contributed by atoms with Crippen molar-refractivity contribution in [3.05, 3.63) is 68.7 Å². The predicted octanol–water partition coefficient (Wildman–Crippen LogP) is 4.25. The van der Waals surface area contributed by atoms with Crippen LogP contribution in [0, 0.1) is 17.0 Å². The molecule has 0 bridgehead atoms. The third kappa shape index (κ3) is 3.11. The molecule has 9 heteroatoms. The van der Waals surface area contributed by atoms with E-state index in [2.05, 4.69) is 10.4 Å². The van der Waals surface area contributed by atoms with E-state index >= 15 is 0 Å². The number of nitrogens with zero attached hydrogens (tertiary/aromatic N) is 5. The topological polar surface area (TPSA) is 91.4 Å². The molecule has 0 aromatic heterocycles. The summed E-state index contributed by atoms with van der Waals surface area (Å²) in [5, 5.41) is 22.6. The van der Waals surface area contributed by atoms with Gasteiger partial charge in [0.2, 0.25) is 0 Å². The second kappa shape index (κ2) is 7.09. The number of halogens is 1. The molecular formula is C17H16ClN5O3. The van der Waals surface area contributed by atoms with Gasteiger partial charge in [0.25, 0.3) is 5.69 Å². The van der Waals surface area contributed by atoms with Gasteiger partial charge in [-0.1, -0.05) is 29.8 Å². The van der Waals surface area contributed by atoms with Crippen LogP contribution in [-0.4, -0.2) is 22.4 Å². The highest BCUT2D eigenvalue weighted by Gasteiger charge is 2.35. The summed E-state index contributed by atoms with van der Waals surface area (Å²) in [5.74, 6) is 0. The van der Waals surface area contributed by atoms with E-state index < -0.39 is 11.1 Å². The lowest BCUT2D eigenvalue weighted by molar-refractivity contribution is -0.385. The lowest BCUT2D eigenvalue weighted by Crippen LogP contribution is -2.41. The quantitative estimate of drug-likeness (QED) is 0.444. The number of para-hydroxylation sites is 1. The Bertz CT molecular complexity index is 888. The fourth-order valence-electron chi connectivity index (χ4n) is 2.86. The molecule has 8 nitrogen and oxygen atoms in total. The first-order valence-corrected chi connectivity index (χ1v) is 8.25. The Kier molecular flexibility index (Phi) is 4.85. The number of benzene rings is 2. The van der Waals surface area contributed by atoms with Gasteiger partial charge in [-0.25, -0.2) is 10.0 Å². The molecule has 0 spiro atoms. The predicted molar refractivity (Wildman–Crippen MR) is 96.7 cm³/mol. The van der Waals surface area contributed by atoms with Crippen LogP contribution >= 0.6 is 11.6 Å². The van der Waals surface area contributed by atoms with Crippen LogP contribution in [0.3, 0.4) is 0 Å². The van der Waals surface area contributed by atoms with Gasteiger partial charge < -0.3 is 0 Å². The zero-order chi connectivity index (χ0) is 18.8. The Balaban J connectivity index is 1.89. The molecule has 2 unspecified atom stereocenters. The third-order valence-corrected chi connectivity index (χ3v) is 4.60. The van der Waals surface area contributed by atoms with E-state index in [9.17, 15) is 14.9 Å². The number of hydrogen-bond acceptors (Lipinski definition) is 7. The van der Waals surface area contributed by atoms with Crippen LogP contribution in [0.15, 0.2) is 52.9 Å². The minimum atomic E-state index is -0.764. The highest BCUT2D eigenvalue weighted by atomic mass is 35.5. The summed E-state index contributed by atoms with van der Waals surface area (Å²) in [5.41, 5.74) is 1.96. The summed E-state index contributed by atoms with van der Waals surface area (Å²) in [7, 11) is 0. The van der Waals surface area contributed by atoms with Crippen LogP contribution in [0.25, 0.3) is 0 Å². The Morgan fingerprint density at radius 3 is 2.62 bits per heavy atom. The standard InChI is InChI=1S/C17H16ClN5O3/c1-11-9-13(7-8-15(11)23(25)26)12(2)21-17(10-24)22(20-19-21)16-6-4-3-5-14(16)18/h3-10,12,17H,1-2H3. The van der Waals surface area contributed by atoms with E-state index in [0.717, 1.165) is 11.8 Å². The van der Waals surface area contributed by atoms with Gasteiger partial charge >= 0.3 is 0 Å². The summed E-state index contributed by atoms with van der Waals surface area (Å²) in [4.78, 5) is 22.3. The zero-order valence-electron chi connectivity index (χ0n) is 14.1. The Labute approximate surface area is 154 Å². The number of aldehydes is 1. The van der Waals surface area contributed by atoms with Gasteiger partial charge in [-0.2, -0.15) is 0 Å². The van der Waals surface area contributed by atoms with Crippen LogP contribution in [0.4, 0.5) is 11.4 Å². The van der Waals surface area contributed by atoms with Gasteiger partial charge in [-0.3, -0.25) is 14.9 Å². The Morgan fingerprint density at radius 1 is 1.27 bits per heavy atom. The molecule has 2 atom stereocenters. The van der Waals surface area contributed by atoms with Gasteiger partial charge in [0.1, 0.15) is 0 Å². The van der Waals surface area contributed by atoms with E-state index in [1.807, 2.05) is 6.92 Å². The van der Waals surface area contributed by atoms with Crippen LogP contribution in [-0.2, 0) is 4.79 Å². The number of nitro groups is 1. The molecule has 0 saturated carbocycles. The third-order valence-electron chi connectivity index (χ3n) is 4.28. The second-order valence-corrected chi connectivity index (χ2v) is 6.29. The second-order valence-electron chi connectivity index (χ2n) is 5.88. The number of aryl methyl sites for hydroxylation is 1. The van der Waals surface area contributed by atoms with Crippen molar-refractivity contribution in [2.24, 2.45) is 10.4 Å². The SMILES string of the molecule is Cc1cc(C(C)N2N=NN(c3ccccc3Cl)C2C=O)ccc1[N+](=O)[O-]. The van der Waals surface area contributed by atoms with E-state index in [-0.39, 0.29) is 11.7 Å². The maximum atomic E-state index is 11.7. The van der Waals surface area contributed by atoms with Crippen LogP contribution in [0.1, 0.15) is 24.1 Å². The van der Waals surface area contributed by atoms with Crippen LogP contribution < -0.4 is 5.01 Å². The van der Waals surface area contributed by atoms with E-state index in [1.54, 1.807) is 43.3 Å². The number of anilines is 1. The van der Waals surface area contributed by atoms with Crippen LogP contribution in [0.5, 0.6) is 0 Å². The normalized spacial score (nSPS) is 17.4. The zero-order valence-corrected chi connectivity index (χ0v) is 14.9. The van der Waals surface area contributed by atoms with Crippen molar-refractivity contribution in [1.82, 2.24) is 5.01 Å². The first-order valence-electron chi connectivity index (χ1n) is 7.88. The Hall–Kier alpha value is -3.00. The van der Waals surface area contributed by atoms with E-state index in [0.29, 0.717) is 16.3 Å². The first-order chi connectivity index (χ1) is 12.4. The molecule has 1 aliphatic rings. The van der Waals surface area contributed by atoms with E-state index in [1.165, 1.54) is 16.1 Å². The minimum Gasteiger partial charge on any atom is -0.299 e. The van der Waals surface area contributed by atoms with Gasteiger partial charge in [-0.15, -0.1) is 0 Å². The summed E-state index contributed by atoms with van der Waals surface area (Å²) >= 11 is 6.20. The van der Waals surface area contributed by atoms with E-state index in [4.69, 9.17) is 11.6 Å². The molecule has 2 aromatic carbocycles. The maximum Gasteiger partial charge on any atom is 0.272 e. The summed E-state index contributed by atoms with van der Waals surface area (Å²) in [6.07, 6.45) is -0.0293. The smallest absolute Gasteiger partial charge is 0.272 e. The average Bonchev–Trinajstić information content (AvgIpc) is 3.04. The summed E-state index contributed by atoms with van der Waals surface area (Å²) in [6, 6.07) is 11.6. The highest BCUT2D eigenvalue weighted by Crippen LogP contribution is 2.35. The van der Waals surface area contributed by atoms with Crippen molar-refractivity contribution in [3.63, 3.8) is 0 Å². The van der Waals surface area contributed by atoms with Gasteiger partial charge in [0.05, 0.1) is 21.7 Å². The van der Waals surface area contributed by atoms with Gasteiger partial charge in [-0.05, 0) is 48.1 Å². The monoisotopic (exact) mass is 373 g/mol. The van der Waals surface area contributed by atoms with Crippen molar-refractivity contribution in [3.8, 4) is 0 Å². The van der Waals surface area contributed by atoms with Crippen molar-refractivity contribution in [2.45, 2.75) is 26.1 Å². The van der Waals surface area contributed by atoms with Crippen molar-refractivity contribution < 1.29 is 9.72 Å². The largest absolute Gasteiger partial charge is 0.299 e. The molecule has 0 amide bonds.